The van der Waals surface area contributed by atoms with Gasteiger partial charge in [0.2, 0.25) is 5.91 Å². The van der Waals surface area contributed by atoms with Gasteiger partial charge in [0.25, 0.3) is 0 Å². The lowest BCUT2D eigenvalue weighted by Gasteiger charge is -2.25. The van der Waals surface area contributed by atoms with E-state index in [4.69, 9.17) is 5.73 Å². The molecule has 0 heterocycles. The van der Waals surface area contributed by atoms with Crippen molar-refractivity contribution in [2.75, 3.05) is 0 Å². The van der Waals surface area contributed by atoms with E-state index in [1.165, 1.54) is 6.07 Å². The van der Waals surface area contributed by atoms with Crippen molar-refractivity contribution in [1.82, 2.24) is 5.32 Å². The van der Waals surface area contributed by atoms with Crippen LogP contribution in [-0.2, 0) is 4.79 Å². The van der Waals surface area contributed by atoms with Crippen molar-refractivity contribution in [2.45, 2.75) is 52.1 Å². The van der Waals surface area contributed by atoms with Crippen LogP contribution in [0.15, 0.2) is 18.2 Å². The quantitative estimate of drug-likeness (QED) is 0.877. The molecule has 0 spiro atoms. The average Bonchev–Trinajstić information content (AvgIpc) is 2.32. The van der Waals surface area contributed by atoms with Crippen LogP contribution in [0.5, 0.6) is 0 Å². The number of halogens is 2. The van der Waals surface area contributed by atoms with Gasteiger partial charge in [-0.2, -0.15) is 0 Å². The molecule has 1 rings (SSSR count). The number of rotatable bonds is 5. The van der Waals surface area contributed by atoms with Crippen LogP contribution in [0.2, 0.25) is 0 Å². The summed E-state index contributed by atoms with van der Waals surface area (Å²) in [5.74, 6) is -0.467. The first-order valence-electron chi connectivity index (χ1n) is 6.64. The lowest BCUT2D eigenvalue weighted by Crippen LogP contribution is -2.52. The maximum atomic E-state index is 13.5. The van der Waals surface area contributed by atoms with E-state index in [-0.39, 0.29) is 30.2 Å². The van der Waals surface area contributed by atoms with Gasteiger partial charge in [0.15, 0.2) is 0 Å². The molecule has 114 valence electrons. The van der Waals surface area contributed by atoms with Gasteiger partial charge >= 0.3 is 0 Å². The molecule has 1 aromatic rings. The second-order valence-corrected chi connectivity index (χ2v) is 5.37. The second-order valence-electron chi connectivity index (χ2n) is 5.37. The molecule has 3 N–H and O–H groups in total. The average molecular weight is 303 g/mol. The summed E-state index contributed by atoms with van der Waals surface area (Å²) in [6.45, 7) is 7.23. The van der Waals surface area contributed by atoms with E-state index in [0.29, 0.717) is 12.0 Å². The first-order valence-corrected chi connectivity index (χ1v) is 6.64. The highest BCUT2D eigenvalue weighted by Gasteiger charge is 2.28. The molecule has 0 saturated carbocycles. The Morgan fingerprint density at radius 3 is 2.60 bits per heavy atom. The van der Waals surface area contributed by atoms with E-state index < -0.39 is 5.54 Å². The van der Waals surface area contributed by atoms with Crippen LogP contribution in [-0.4, -0.2) is 11.4 Å². The van der Waals surface area contributed by atoms with Crippen molar-refractivity contribution in [1.29, 1.82) is 0 Å². The standard InChI is InChI=1S/C15H23FN2O.ClH/c1-5-8-15(4,17)14(19)18-11(3)12-7-6-10(2)13(16)9-12;/h6-7,9,11H,5,8,17H2,1-4H3,(H,18,19);1H. The number of aryl methyl sites for hydroxylation is 1. The molecule has 0 bridgehead atoms. The third-order valence-corrected chi connectivity index (χ3v) is 3.33. The van der Waals surface area contributed by atoms with E-state index in [9.17, 15) is 9.18 Å². The zero-order valence-corrected chi connectivity index (χ0v) is 13.3. The summed E-state index contributed by atoms with van der Waals surface area (Å²) in [5.41, 5.74) is 6.42. The van der Waals surface area contributed by atoms with Gasteiger partial charge in [-0.15, -0.1) is 12.4 Å². The number of amides is 1. The first kappa shape index (κ1) is 18.9. The number of carbonyl (C=O) groups excluding carboxylic acids is 1. The largest absolute Gasteiger partial charge is 0.348 e. The van der Waals surface area contributed by atoms with Gasteiger partial charge in [-0.05, 0) is 44.4 Å². The Morgan fingerprint density at radius 1 is 1.50 bits per heavy atom. The highest BCUT2D eigenvalue weighted by Crippen LogP contribution is 2.18. The van der Waals surface area contributed by atoms with Crippen molar-refractivity contribution in [2.24, 2.45) is 5.73 Å². The van der Waals surface area contributed by atoms with E-state index in [0.717, 1.165) is 12.0 Å². The molecule has 2 atom stereocenters. The molecular formula is C15H24ClFN2O. The lowest BCUT2D eigenvalue weighted by molar-refractivity contribution is -0.126. The molecule has 0 aliphatic heterocycles. The summed E-state index contributed by atoms with van der Waals surface area (Å²) in [7, 11) is 0. The van der Waals surface area contributed by atoms with E-state index in [2.05, 4.69) is 5.32 Å². The minimum Gasteiger partial charge on any atom is -0.348 e. The fraction of sp³-hybridized carbons (Fsp3) is 0.533. The van der Waals surface area contributed by atoms with Crippen LogP contribution in [0, 0.1) is 12.7 Å². The smallest absolute Gasteiger partial charge is 0.240 e. The van der Waals surface area contributed by atoms with E-state index in [1.807, 2.05) is 19.9 Å². The fourth-order valence-corrected chi connectivity index (χ4v) is 1.96. The van der Waals surface area contributed by atoms with Gasteiger partial charge in [0.1, 0.15) is 5.82 Å². The molecule has 1 aromatic carbocycles. The minimum absolute atomic E-state index is 0. The summed E-state index contributed by atoms with van der Waals surface area (Å²) >= 11 is 0. The first-order chi connectivity index (χ1) is 8.77. The summed E-state index contributed by atoms with van der Waals surface area (Å²) in [5, 5.41) is 2.84. The van der Waals surface area contributed by atoms with Gasteiger partial charge in [-0.3, -0.25) is 4.79 Å². The molecule has 0 aliphatic rings. The zero-order chi connectivity index (χ0) is 14.6. The van der Waals surface area contributed by atoms with E-state index in [1.54, 1.807) is 19.9 Å². The second kappa shape index (κ2) is 7.60. The Bertz CT molecular complexity index is 463. The van der Waals surface area contributed by atoms with Crippen LogP contribution < -0.4 is 11.1 Å². The molecule has 0 saturated heterocycles. The van der Waals surface area contributed by atoms with Gasteiger partial charge in [0, 0.05) is 0 Å². The van der Waals surface area contributed by atoms with Gasteiger partial charge in [-0.1, -0.05) is 25.5 Å². The van der Waals surface area contributed by atoms with Gasteiger partial charge in [0.05, 0.1) is 11.6 Å². The number of hydrogen-bond acceptors (Lipinski definition) is 2. The third kappa shape index (κ3) is 4.76. The molecule has 2 unspecified atom stereocenters. The van der Waals surface area contributed by atoms with Crippen molar-refractivity contribution < 1.29 is 9.18 Å². The molecule has 0 aromatic heterocycles. The van der Waals surface area contributed by atoms with Gasteiger partial charge < -0.3 is 11.1 Å². The lowest BCUT2D eigenvalue weighted by atomic mass is 9.95. The summed E-state index contributed by atoms with van der Waals surface area (Å²) in [4.78, 5) is 12.1. The van der Waals surface area contributed by atoms with Crippen LogP contribution in [0.1, 0.15) is 50.8 Å². The maximum absolute atomic E-state index is 13.5. The molecule has 0 fully saturated rings. The summed E-state index contributed by atoms with van der Waals surface area (Å²) in [6, 6.07) is 4.72. The van der Waals surface area contributed by atoms with Crippen LogP contribution in [0.3, 0.4) is 0 Å². The highest BCUT2D eigenvalue weighted by molar-refractivity contribution is 5.86. The fourth-order valence-electron chi connectivity index (χ4n) is 1.96. The number of hydrogen-bond donors (Lipinski definition) is 2. The highest BCUT2D eigenvalue weighted by atomic mass is 35.5. The Labute approximate surface area is 126 Å². The number of nitrogens with one attached hydrogen (secondary N) is 1. The molecule has 1 amide bonds. The predicted octanol–water partition coefficient (Wildman–Crippen LogP) is 3.25. The molecular weight excluding hydrogens is 279 g/mol. The molecule has 3 nitrogen and oxygen atoms in total. The topological polar surface area (TPSA) is 55.1 Å². The number of carbonyl (C=O) groups is 1. The van der Waals surface area contributed by atoms with Crippen LogP contribution in [0.25, 0.3) is 0 Å². The maximum Gasteiger partial charge on any atom is 0.240 e. The zero-order valence-electron chi connectivity index (χ0n) is 12.5. The van der Waals surface area contributed by atoms with Crippen molar-refractivity contribution in [3.63, 3.8) is 0 Å². The SMILES string of the molecule is CCCC(C)(N)C(=O)NC(C)c1ccc(C)c(F)c1.Cl. The Kier molecular flexibility index (Phi) is 7.17. The van der Waals surface area contributed by atoms with Crippen molar-refractivity contribution in [3.8, 4) is 0 Å². The minimum atomic E-state index is -0.883. The third-order valence-electron chi connectivity index (χ3n) is 3.33. The molecule has 0 radical (unpaired) electrons. The molecule has 5 heteroatoms. The Balaban J connectivity index is 0.00000361. The molecule has 0 aliphatic carbocycles. The predicted molar refractivity (Wildman–Crippen MR) is 82.4 cm³/mol. The number of benzene rings is 1. The summed E-state index contributed by atoms with van der Waals surface area (Å²) < 4.78 is 13.5. The molecule has 20 heavy (non-hydrogen) atoms. The van der Waals surface area contributed by atoms with Crippen LogP contribution in [0.4, 0.5) is 4.39 Å². The van der Waals surface area contributed by atoms with Crippen molar-refractivity contribution >= 4 is 18.3 Å². The number of nitrogens with two attached hydrogens (primary N) is 1. The van der Waals surface area contributed by atoms with Gasteiger partial charge in [-0.25, -0.2) is 4.39 Å². The van der Waals surface area contributed by atoms with E-state index >= 15 is 0 Å². The monoisotopic (exact) mass is 302 g/mol. The Morgan fingerprint density at radius 2 is 2.10 bits per heavy atom. The Hall–Kier alpha value is -1.13. The van der Waals surface area contributed by atoms with Crippen LogP contribution >= 0.6 is 12.4 Å². The normalized spacial score (nSPS) is 14.9. The summed E-state index contributed by atoms with van der Waals surface area (Å²) in [6.07, 6.45) is 1.46. The van der Waals surface area contributed by atoms with Crippen molar-refractivity contribution in [3.05, 3.63) is 35.1 Å².